The van der Waals surface area contributed by atoms with Gasteiger partial charge >= 0.3 is 5.97 Å². The normalized spacial score (nSPS) is 21.2. The average Bonchev–Trinajstić information content (AvgIpc) is 3.45. The SMILES string of the molecule is O=C(NC(C(=O)O)C1CCCOC1)c1cccc(NC(=O)C2CC2)c1. The minimum atomic E-state index is -1.07. The maximum atomic E-state index is 12.5. The molecule has 25 heavy (non-hydrogen) atoms. The summed E-state index contributed by atoms with van der Waals surface area (Å²) in [5.74, 6) is -1.75. The molecule has 2 fully saturated rings. The minimum Gasteiger partial charge on any atom is -0.480 e. The first-order valence-electron chi connectivity index (χ1n) is 8.57. The third-order valence-corrected chi connectivity index (χ3v) is 4.56. The van der Waals surface area contributed by atoms with Gasteiger partial charge in [-0.2, -0.15) is 0 Å². The number of carboxylic acid groups (broad SMARTS) is 1. The molecule has 1 aromatic carbocycles. The Bertz CT molecular complexity index is 665. The van der Waals surface area contributed by atoms with Gasteiger partial charge in [0.1, 0.15) is 6.04 Å². The lowest BCUT2D eigenvalue weighted by molar-refractivity contribution is -0.142. The number of anilines is 1. The van der Waals surface area contributed by atoms with E-state index in [0.29, 0.717) is 30.9 Å². The molecule has 0 bridgehead atoms. The van der Waals surface area contributed by atoms with Crippen LogP contribution in [0.3, 0.4) is 0 Å². The molecule has 3 rings (SSSR count). The van der Waals surface area contributed by atoms with Gasteiger partial charge in [-0.25, -0.2) is 4.79 Å². The number of rotatable bonds is 6. The molecule has 1 aromatic rings. The Hall–Kier alpha value is -2.41. The number of amides is 2. The largest absolute Gasteiger partial charge is 0.480 e. The molecule has 7 nitrogen and oxygen atoms in total. The number of carboxylic acids is 1. The highest BCUT2D eigenvalue weighted by Gasteiger charge is 2.32. The fourth-order valence-electron chi connectivity index (χ4n) is 2.96. The summed E-state index contributed by atoms with van der Waals surface area (Å²) in [6, 6.07) is 5.54. The zero-order valence-corrected chi connectivity index (χ0v) is 13.9. The highest BCUT2D eigenvalue weighted by atomic mass is 16.5. The van der Waals surface area contributed by atoms with E-state index in [1.807, 2.05) is 0 Å². The van der Waals surface area contributed by atoms with Crippen LogP contribution in [0.15, 0.2) is 24.3 Å². The van der Waals surface area contributed by atoms with Crippen molar-refractivity contribution in [1.29, 1.82) is 0 Å². The van der Waals surface area contributed by atoms with Crippen LogP contribution in [0.25, 0.3) is 0 Å². The standard InChI is InChI=1S/C18H22N2O5/c21-16(11-6-7-11)19-14-5-1-3-12(9-14)17(22)20-15(18(23)24)13-4-2-8-25-10-13/h1,3,5,9,11,13,15H,2,4,6-8,10H2,(H,19,21)(H,20,22)(H,23,24). The van der Waals surface area contributed by atoms with E-state index in [2.05, 4.69) is 10.6 Å². The van der Waals surface area contributed by atoms with Crippen LogP contribution < -0.4 is 10.6 Å². The van der Waals surface area contributed by atoms with Crippen LogP contribution in [0.2, 0.25) is 0 Å². The number of aliphatic carboxylic acids is 1. The van der Waals surface area contributed by atoms with Crippen molar-refractivity contribution in [3.05, 3.63) is 29.8 Å². The molecule has 0 spiro atoms. The zero-order chi connectivity index (χ0) is 17.8. The van der Waals surface area contributed by atoms with Crippen molar-refractivity contribution in [1.82, 2.24) is 5.32 Å². The second kappa shape index (κ2) is 7.65. The lowest BCUT2D eigenvalue weighted by atomic mass is 9.93. The summed E-state index contributed by atoms with van der Waals surface area (Å²) in [6.07, 6.45) is 3.28. The van der Waals surface area contributed by atoms with Crippen LogP contribution in [0.1, 0.15) is 36.0 Å². The molecular weight excluding hydrogens is 324 g/mol. The van der Waals surface area contributed by atoms with Crippen molar-refractivity contribution in [2.75, 3.05) is 18.5 Å². The van der Waals surface area contributed by atoms with E-state index in [0.717, 1.165) is 19.3 Å². The Morgan fingerprint density at radius 3 is 2.64 bits per heavy atom. The maximum Gasteiger partial charge on any atom is 0.326 e. The third-order valence-electron chi connectivity index (χ3n) is 4.56. The van der Waals surface area contributed by atoms with Crippen molar-refractivity contribution in [2.45, 2.75) is 31.7 Å². The van der Waals surface area contributed by atoms with E-state index in [4.69, 9.17) is 4.74 Å². The van der Waals surface area contributed by atoms with E-state index in [1.54, 1.807) is 24.3 Å². The average molecular weight is 346 g/mol. The number of carbonyl (C=O) groups excluding carboxylic acids is 2. The molecular formula is C18H22N2O5. The Morgan fingerprint density at radius 2 is 2.00 bits per heavy atom. The van der Waals surface area contributed by atoms with Gasteiger partial charge in [0.15, 0.2) is 0 Å². The smallest absolute Gasteiger partial charge is 0.326 e. The van der Waals surface area contributed by atoms with E-state index in [-0.39, 0.29) is 17.7 Å². The molecule has 134 valence electrons. The lowest BCUT2D eigenvalue weighted by Gasteiger charge is -2.28. The molecule has 2 unspecified atom stereocenters. The number of nitrogens with one attached hydrogen (secondary N) is 2. The summed E-state index contributed by atoms with van der Waals surface area (Å²) in [7, 11) is 0. The van der Waals surface area contributed by atoms with E-state index >= 15 is 0 Å². The second-order valence-corrected chi connectivity index (χ2v) is 6.61. The zero-order valence-electron chi connectivity index (χ0n) is 13.9. The molecule has 7 heteroatoms. The summed E-state index contributed by atoms with van der Waals surface area (Å²) in [5.41, 5.74) is 0.856. The molecule has 0 aromatic heterocycles. The van der Waals surface area contributed by atoms with Gasteiger partial charge in [-0.05, 0) is 43.9 Å². The van der Waals surface area contributed by atoms with Crippen LogP contribution in [0.5, 0.6) is 0 Å². The van der Waals surface area contributed by atoms with Crippen LogP contribution in [-0.2, 0) is 14.3 Å². The van der Waals surface area contributed by atoms with Gasteiger partial charge in [0.25, 0.3) is 5.91 Å². The van der Waals surface area contributed by atoms with Gasteiger partial charge in [0, 0.05) is 29.7 Å². The number of ether oxygens (including phenoxy) is 1. The molecule has 2 aliphatic rings. The first-order chi connectivity index (χ1) is 12.0. The van der Waals surface area contributed by atoms with E-state index in [1.165, 1.54) is 0 Å². The highest BCUT2D eigenvalue weighted by molar-refractivity contribution is 5.99. The predicted molar refractivity (Wildman–Crippen MR) is 90.2 cm³/mol. The van der Waals surface area contributed by atoms with Gasteiger partial charge in [-0.15, -0.1) is 0 Å². The first-order valence-corrected chi connectivity index (χ1v) is 8.57. The van der Waals surface area contributed by atoms with Crippen LogP contribution >= 0.6 is 0 Å². The summed E-state index contributed by atoms with van der Waals surface area (Å²) < 4.78 is 5.33. The predicted octanol–water partition coefficient (Wildman–Crippen LogP) is 1.64. The monoisotopic (exact) mass is 346 g/mol. The summed E-state index contributed by atoms with van der Waals surface area (Å²) in [4.78, 5) is 35.8. The second-order valence-electron chi connectivity index (χ2n) is 6.61. The van der Waals surface area contributed by atoms with E-state index < -0.39 is 17.9 Å². The van der Waals surface area contributed by atoms with Crippen LogP contribution in [0.4, 0.5) is 5.69 Å². The fraction of sp³-hybridized carbons (Fsp3) is 0.500. The fourth-order valence-corrected chi connectivity index (χ4v) is 2.96. The van der Waals surface area contributed by atoms with Crippen molar-refractivity contribution in [2.24, 2.45) is 11.8 Å². The number of benzene rings is 1. The molecule has 0 radical (unpaired) electrons. The molecule has 1 aliphatic carbocycles. The van der Waals surface area contributed by atoms with Gasteiger partial charge in [-0.3, -0.25) is 9.59 Å². The highest BCUT2D eigenvalue weighted by Crippen LogP contribution is 2.30. The van der Waals surface area contributed by atoms with Gasteiger partial charge in [0.05, 0.1) is 6.61 Å². The quantitative estimate of drug-likeness (QED) is 0.726. The molecule has 3 N–H and O–H groups in total. The molecule has 1 aliphatic heterocycles. The van der Waals surface area contributed by atoms with Crippen molar-refractivity contribution >= 4 is 23.5 Å². The molecule has 1 saturated carbocycles. The van der Waals surface area contributed by atoms with E-state index in [9.17, 15) is 19.5 Å². The molecule has 1 saturated heterocycles. The van der Waals surface area contributed by atoms with Crippen LogP contribution in [-0.4, -0.2) is 42.1 Å². The Kier molecular flexibility index (Phi) is 5.33. The number of hydrogen-bond donors (Lipinski definition) is 3. The summed E-state index contributed by atoms with van der Waals surface area (Å²) in [5, 5.41) is 14.8. The Labute approximate surface area is 145 Å². The van der Waals surface area contributed by atoms with Gasteiger partial charge in [0.2, 0.25) is 5.91 Å². The number of carbonyl (C=O) groups is 3. The Balaban J connectivity index is 1.66. The third kappa shape index (κ3) is 4.57. The first kappa shape index (κ1) is 17.4. The summed E-state index contributed by atoms with van der Waals surface area (Å²) >= 11 is 0. The topological polar surface area (TPSA) is 105 Å². The van der Waals surface area contributed by atoms with Crippen molar-refractivity contribution < 1.29 is 24.2 Å². The minimum absolute atomic E-state index is 0.0414. The van der Waals surface area contributed by atoms with Crippen molar-refractivity contribution in [3.63, 3.8) is 0 Å². The summed E-state index contributed by atoms with van der Waals surface area (Å²) in [6.45, 7) is 0.953. The van der Waals surface area contributed by atoms with Gasteiger partial charge < -0.3 is 20.5 Å². The molecule has 2 atom stereocenters. The van der Waals surface area contributed by atoms with Crippen molar-refractivity contribution in [3.8, 4) is 0 Å². The number of hydrogen-bond acceptors (Lipinski definition) is 4. The van der Waals surface area contributed by atoms with Gasteiger partial charge in [-0.1, -0.05) is 6.07 Å². The van der Waals surface area contributed by atoms with Crippen LogP contribution in [0, 0.1) is 11.8 Å². The molecule has 1 heterocycles. The lowest BCUT2D eigenvalue weighted by Crippen LogP contribution is -2.48. The molecule has 2 amide bonds. The Morgan fingerprint density at radius 1 is 1.20 bits per heavy atom. The maximum absolute atomic E-state index is 12.5.